The Kier molecular flexibility index (Phi) is 5.06. The van der Waals surface area contributed by atoms with E-state index in [1.165, 1.54) is 6.20 Å². The second-order valence-electron chi connectivity index (χ2n) is 7.63. The van der Waals surface area contributed by atoms with Crippen LogP contribution >= 0.6 is 0 Å². The molecule has 0 saturated carbocycles. The predicted octanol–water partition coefficient (Wildman–Crippen LogP) is 3.43. The number of aliphatic carboxylic acids is 1. The van der Waals surface area contributed by atoms with Crippen molar-refractivity contribution in [2.24, 2.45) is 0 Å². The van der Waals surface area contributed by atoms with Crippen molar-refractivity contribution in [3.63, 3.8) is 0 Å². The molecule has 2 heterocycles. The number of nitrogens with zero attached hydrogens (tertiary/aromatic N) is 2. The summed E-state index contributed by atoms with van der Waals surface area (Å²) in [6, 6.07) is 7.07. The monoisotopic (exact) mass is 388 g/mol. The Morgan fingerprint density at radius 3 is 2.64 bits per heavy atom. The van der Waals surface area contributed by atoms with Crippen molar-refractivity contribution in [2.75, 3.05) is 13.7 Å². The highest BCUT2D eigenvalue weighted by atomic mass is 16.6. The summed E-state index contributed by atoms with van der Waals surface area (Å²) in [5.41, 5.74) is -2.62. The molecule has 0 unspecified atom stereocenters. The molecular formula is C20H24N2O6. The molecule has 0 radical (unpaired) electrons. The summed E-state index contributed by atoms with van der Waals surface area (Å²) in [7, 11) is 1.57. The number of aromatic nitrogens is 1. The van der Waals surface area contributed by atoms with E-state index in [1.807, 2.05) is 0 Å². The summed E-state index contributed by atoms with van der Waals surface area (Å²) >= 11 is 0. The fourth-order valence-electron chi connectivity index (χ4n) is 3.22. The van der Waals surface area contributed by atoms with E-state index in [2.05, 4.69) is 4.98 Å². The van der Waals surface area contributed by atoms with Crippen molar-refractivity contribution >= 4 is 22.8 Å². The van der Waals surface area contributed by atoms with Crippen LogP contribution in [0.25, 0.3) is 10.8 Å². The van der Waals surface area contributed by atoms with Crippen molar-refractivity contribution in [2.45, 2.75) is 44.9 Å². The third kappa shape index (κ3) is 3.67. The molecule has 1 aromatic heterocycles. The number of carboxylic acids is 1. The molecule has 1 aromatic carbocycles. The van der Waals surface area contributed by atoms with Gasteiger partial charge in [-0.1, -0.05) is 0 Å². The zero-order chi connectivity index (χ0) is 20.5. The van der Waals surface area contributed by atoms with Gasteiger partial charge in [-0.05, 0) is 56.8 Å². The number of ether oxygens (including phenoxy) is 3. The molecule has 1 fully saturated rings. The molecule has 1 saturated heterocycles. The van der Waals surface area contributed by atoms with Crippen LogP contribution in [0.15, 0.2) is 30.5 Å². The van der Waals surface area contributed by atoms with Gasteiger partial charge in [0.05, 0.1) is 7.11 Å². The minimum Gasteiger partial charge on any atom is -0.497 e. The maximum atomic E-state index is 12.6. The second kappa shape index (κ2) is 7.18. The Balaban J connectivity index is 2.00. The molecule has 1 aliphatic rings. The first-order valence-corrected chi connectivity index (χ1v) is 9.02. The highest BCUT2D eigenvalue weighted by Crippen LogP contribution is 2.36. The number of benzene rings is 1. The van der Waals surface area contributed by atoms with Crippen LogP contribution < -0.4 is 9.47 Å². The summed E-state index contributed by atoms with van der Waals surface area (Å²) < 4.78 is 16.5. The Morgan fingerprint density at radius 2 is 2.00 bits per heavy atom. The molecule has 150 valence electrons. The van der Waals surface area contributed by atoms with E-state index in [4.69, 9.17) is 14.2 Å². The third-order valence-electron chi connectivity index (χ3n) is 4.48. The quantitative estimate of drug-likeness (QED) is 0.857. The van der Waals surface area contributed by atoms with Gasteiger partial charge in [0, 0.05) is 24.5 Å². The minimum absolute atomic E-state index is 0.135. The van der Waals surface area contributed by atoms with Crippen LogP contribution in [0.3, 0.4) is 0 Å². The lowest BCUT2D eigenvalue weighted by molar-refractivity contribution is -0.169. The molecule has 1 amide bonds. The number of pyridine rings is 1. The molecule has 3 rings (SSSR count). The zero-order valence-electron chi connectivity index (χ0n) is 16.4. The maximum Gasteiger partial charge on any atom is 0.413 e. The third-order valence-corrected chi connectivity index (χ3v) is 4.48. The van der Waals surface area contributed by atoms with Gasteiger partial charge in [-0.3, -0.25) is 4.90 Å². The number of carbonyl (C=O) groups is 2. The van der Waals surface area contributed by atoms with Gasteiger partial charge < -0.3 is 19.3 Å². The average Bonchev–Trinajstić information content (AvgIpc) is 3.05. The Morgan fingerprint density at radius 1 is 1.25 bits per heavy atom. The lowest BCUT2D eigenvalue weighted by atomic mass is 10.1. The van der Waals surface area contributed by atoms with Crippen LogP contribution in [0.2, 0.25) is 0 Å². The summed E-state index contributed by atoms with van der Waals surface area (Å²) in [6.45, 7) is 5.40. The fraction of sp³-hybridized carbons (Fsp3) is 0.450. The van der Waals surface area contributed by atoms with Gasteiger partial charge in [0.1, 0.15) is 11.4 Å². The van der Waals surface area contributed by atoms with E-state index >= 15 is 0 Å². The Bertz CT molecular complexity index is 907. The Hall–Kier alpha value is -3.03. The molecule has 8 nitrogen and oxygen atoms in total. The molecule has 28 heavy (non-hydrogen) atoms. The zero-order valence-corrected chi connectivity index (χ0v) is 16.4. The smallest absolute Gasteiger partial charge is 0.413 e. The minimum atomic E-state index is -1.87. The average molecular weight is 388 g/mol. The van der Waals surface area contributed by atoms with Crippen LogP contribution in [-0.4, -0.2) is 52.0 Å². The van der Waals surface area contributed by atoms with Gasteiger partial charge >= 0.3 is 12.1 Å². The van der Waals surface area contributed by atoms with E-state index in [1.54, 1.807) is 52.1 Å². The number of fused-ring (bicyclic) bond motifs is 1. The summed E-state index contributed by atoms with van der Waals surface area (Å²) in [6.07, 6.45) is 1.41. The number of hydrogen-bond acceptors (Lipinski definition) is 6. The van der Waals surface area contributed by atoms with Crippen LogP contribution in [0.1, 0.15) is 33.6 Å². The van der Waals surface area contributed by atoms with Crippen LogP contribution in [0.5, 0.6) is 11.6 Å². The SMILES string of the molecule is COc1ccc2c(O[C@]3(C(=O)O)CCCN3C(=O)OC(C)(C)C)nccc2c1. The van der Waals surface area contributed by atoms with Gasteiger partial charge in [0.25, 0.3) is 5.72 Å². The highest BCUT2D eigenvalue weighted by Gasteiger charge is 2.54. The first-order chi connectivity index (χ1) is 13.2. The molecule has 1 aliphatic heterocycles. The van der Waals surface area contributed by atoms with Crippen LogP contribution in [-0.2, 0) is 9.53 Å². The summed E-state index contributed by atoms with van der Waals surface area (Å²) in [5, 5.41) is 11.4. The fourth-order valence-corrected chi connectivity index (χ4v) is 3.22. The van der Waals surface area contributed by atoms with Crippen LogP contribution in [0.4, 0.5) is 4.79 Å². The first kappa shape index (κ1) is 19.7. The largest absolute Gasteiger partial charge is 0.497 e. The number of rotatable bonds is 4. The topological polar surface area (TPSA) is 98.2 Å². The number of carbonyl (C=O) groups excluding carboxylic acids is 1. The number of methoxy groups -OCH3 is 1. The van der Waals surface area contributed by atoms with Crippen molar-refractivity contribution in [3.8, 4) is 11.6 Å². The van der Waals surface area contributed by atoms with Crippen molar-refractivity contribution in [1.82, 2.24) is 9.88 Å². The number of likely N-dealkylation sites (tertiary alicyclic amines) is 1. The van der Waals surface area contributed by atoms with Gasteiger partial charge in [-0.2, -0.15) is 0 Å². The van der Waals surface area contributed by atoms with E-state index in [0.29, 0.717) is 17.6 Å². The summed E-state index contributed by atoms with van der Waals surface area (Å²) in [4.78, 5) is 30.2. The molecule has 8 heteroatoms. The molecule has 0 spiro atoms. The highest BCUT2D eigenvalue weighted by molar-refractivity contribution is 5.89. The standard InChI is InChI=1S/C20H24N2O6/c1-19(2,3)28-18(25)22-11-5-9-20(22,17(23)24)27-16-15-7-6-14(26-4)12-13(15)8-10-21-16/h6-8,10,12H,5,9,11H2,1-4H3,(H,23,24)/t20-/m0/s1. The second-order valence-corrected chi connectivity index (χ2v) is 7.63. The van der Waals surface area contributed by atoms with Gasteiger partial charge in [-0.25, -0.2) is 14.6 Å². The number of hydrogen-bond donors (Lipinski definition) is 1. The number of carboxylic acid groups (broad SMARTS) is 1. The van der Waals surface area contributed by atoms with Gasteiger partial charge in [0.15, 0.2) is 0 Å². The van der Waals surface area contributed by atoms with E-state index in [-0.39, 0.29) is 18.8 Å². The first-order valence-electron chi connectivity index (χ1n) is 9.02. The molecule has 0 bridgehead atoms. The molecule has 0 aliphatic carbocycles. The van der Waals surface area contributed by atoms with E-state index in [0.717, 1.165) is 10.3 Å². The lowest BCUT2D eigenvalue weighted by Gasteiger charge is -2.35. The Labute approximate surface area is 163 Å². The molecular weight excluding hydrogens is 364 g/mol. The molecule has 1 atom stereocenters. The van der Waals surface area contributed by atoms with E-state index in [9.17, 15) is 14.7 Å². The predicted molar refractivity (Wildman–Crippen MR) is 101 cm³/mol. The lowest BCUT2D eigenvalue weighted by Crippen LogP contribution is -2.58. The van der Waals surface area contributed by atoms with Crippen molar-refractivity contribution < 1.29 is 28.9 Å². The molecule has 1 N–H and O–H groups in total. The van der Waals surface area contributed by atoms with Crippen molar-refractivity contribution in [3.05, 3.63) is 30.5 Å². The normalized spacial score (nSPS) is 19.5. The van der Waals surface area contributed by atoms with Gasteiger partial charge in [0.2, 0.25) is 5.88 Å². The maximum absolute atomic E-state index is 12.6. The number of amides is 1. The molecule has 2 aromatic rings. The summed E-state index contributed by atoms with van der Waals surface area (Å²) in [5.74, 6) is -0.463. The van der Waals surface area contributed by atoms with Crippen molar-refractivity contribution in [1.29, 1.82) is 0 Å². The van der Waals surface area contributed by atoms with Crippen LogP contribution in [0, 0.1) is 0 Å². The van der Waals surface area contributed by atoms with E-state index < -0.39 is 23.4 Å². The van der Waals surface area contributed by atoms with Gasteiger partial charge in [-0.15, -0.1) is 0 Å².